The molecule has 0 radical (unpaired) electrons. The van der Waals surface area contributed by atoms with Crippen molar-refractivity contribution in [1.29, 1.82) is 0 Å². The second-order valence-corrected chi connectivity index (χ2v) is 13.9. The highest BCUT2D eigenvalue weighted by molar-refractivity contribution is 7.91. The van der Waals surface area contributed by atoms with Crippen molar-refractivity contribution >= 4 is 31.3 Å². The summed E-state index contributed by atoms with van der Waals surface area (Å²) in [7, 11) is -2.90. The molecule has 0 unspecified atom stereocenters. The lowest BCUT2D eigenvalue weighted by Gasteiger charge is -2.22. The first kappa shape index (κ1) is 28.2. The van der Waals surface area contributed by atoms with E-state index in [0.29, 0.717) is 34.5 Å². The molecule has 0 N–H and O–H groups in total. The number of para-hydroxylation sites is 1. The van der Waals surface area contributed by atoms with Gasteiger partial charge in [0.2, 0.25) is 0 Å². The molecule has 12 nitrogen and oxygen atoms in total. The normalized spacial score (nSPS) is 18.7. The van der Waals surface area contributed by atoms with Gasteiger partial charge in [-0.1, -0.05) is 17.7 Å². The predicted octanol–water partition coefficient (Wildman–Crippen LogP) is 2.32. The number of aromatic nitrogens is 5. The molecule has 2 aromatic heterocycles. The number of halogens is 1. The number of sulfone groups is 2. The molecule has 3 heterocycles. The van der Waals surface area contributed by atoms with Crippen LogP contribution in [0.1, 0.15) is 42.8 Å². The van der Waals surface area contributed by atoms with Crippen molar-refractivity contribution in [2.75, 3.05) is 32.8 Å². The Balaban J connectivity index is 1.80. The third-order valence-electron chi connectivity index (χ3n) is 6.45. The average molecular weight is 586 g/mol. The molecule has 0 bridgehead atoms. The molecule has 0 saturated carbocycles. The summed E-state index contributed by atoms with van der Waals surface area (Å²) in [4.78, 5) is 8.23. The zero-order valence-corrected chi connectivity index (χ0v) is 23.6. The first-order chi connectivity index (χ1) is 18.0. The number of rotatable bonds is 10. The van der Waals surface area contributed by atoms with Crippen molar-refractivity contribution in [2.24, 2.45) is 0 Å². The molecule has 1 aliphatic heterocycles. The molecule has 0 aliphatic carbocycles. The summed E-state index contributed by atoms with van der Waals surface area (Å²) in [6.45, 7) is 1.50. The monoisotopic (exact) mass is 585 g/mol. The molecule has 1 fully saturated rings. The van der Waals surface area contributed by atoms with Crippen LogP contribution < -0.4 is 9.47 Å². The van der Waals surface area contributed by atoms with E-state index in [0.717, 1.165) is 0 Å². The Hall–Kier alpha value is -2.81. The lowest BCUT2D eigenvalue weighted by atomic mass is 10.1. The highest BCUT2D eigenvalue weighted by Gasteiger charge is 2.38. The standard InChI is InChI=1S/C23H28ClN5O7S2/c1-14(21(36-4)22-25-10-16(24)11-26-22)38(32,33)13-19-27-28-23(15-8-9-37(30,31)12-15)29(19)20-17(34-2)6-5-7-18(20)35-3/h5-7,10-11,14-15,21H,8-9,12-13H2,1-4H3/t14-,15-,21-/m0/s1. The lowest BCUT2D eigenvalue weighted by Crippen LogP contribution is -2.30. The lowest BCUT2D eigenvalue weighted by molar-refractivity contribution is 0.0948. The van der Waals surface area contributed by atoms with Gasteiger partial charge in [0.25, 0.3) is 0 Å². The zero-order valence-electron chi connectivity index (χ0n) is 21.2. The van der Waals surface area contributed by atoms with Gasteiger partial charge >= 0.3 is 0 Å². The number of hydrogen-bond acceptors (Lipinski definition) is 11. The van der Waals surface area contributed by atoms with E-state index in [-0.39, 0.29) is 23.2 Å². The minimum Gasteiger partial charge on any atom is -0.494 e. The van der Waals surface area contributed by atoms with E-state index < -0.39 is 42.7 Å². The van der Waals surface area contributed by atoms with E-state index in [1.165, 1.54) is 45.2 Å². The molecule has 0 amide bonds. The van der Waals surface area contributed by atoms with Gasteiger partial charge in [0.15, 0.2) is 31.3 Å². The van der Waals surface area contributed by atoms with E-state index in [1.807, 2.05) is 0 Å². The quantitative estimate of drug-likeness (QED) is 0.344. The predicted molar refractivity (Wildman–Crippen MR) is 139 cm³/mol. The summed E-state index contributed by atoms with van der Waals surface area (Å²) in [6.07, 6.45) is 2.08. The first-order valence-electron chi connectivity index (χ1n) is 11.6. The van der Waals surface area contributed by atoms with Gasteiger partial charge in [-0.15, -0.1) is 10.2 Å². The zero-order chi connectivity index (χ0) is 27.7. The fraction of sp³-hybridized carbons (Fsp3) is 0.478. The van der Waals surface area contributed by atoms with Gasteiger partial charge in [0.1, 0.15) is 34.9 Å². The third kappa shape index (κ3) is 5.63. The third-order valence-corrected chi connectivity index (χ3v) is 10.5. The van der Waals surface area contributed by atoms with Gasteiger partial charge in [-0.2, -0.15) is 0 Å². The van der Waals surface area contributed by atoms with Crippen molar-refractivity contribution in [3.8, 4) is 17.2 Å². The van der Waals surface area contributed by atoms with E-state index in [2.05, 4.69) is 20.2 Å². The number of benzene rings is 1. The van der Waals surface area contributed by atoms with Crippen LogP contribution in [0.5, 0.6) is 11.5 Å². The number of ether oxygens (including phenoxy) is 3. The Morgan fingerprint density at radius 1 is 1.11 bits per heavy atom. The molecule has 15 heteroatoms. The molecule has 4 rings (SSSR count). The van der Waals surface area contributed by atoms with Crippen molar-refractivity contribution < 1.29 is 31.0 Å². The second kappa shape index (κ2) is 11.1. The summed E-state index contributed by atoms with van der Waals surface area (Å²) >= 11 is 5.88. The smallest absolute Gasteiger partial charge is 0.163 e. The fourth-order valence-electron chi connectivity index (χ4n) is 4.46. The average Bonchev–Trinajstić information content (AvgIpc) is 3.46. The van der Waals surface area contributed by atoms with Crippen molar-refractivity contribution in [3.05, 3.63) is 53.1 Å². The fourth-order valence-corrected chi connectivity index (χ4v) is 7.71. The minimum absolute atomic E-state index is 0.00879. The van der Waals surface area contributed by atoms with Crippen LogP contribution in [0, 0.1) is 0 Å². The van der Waals surface area contributed by atoms with Crippen LogP contribution in [0.15, 0.2) is 30.6 Å². The molecule has 3 atom stereocenters. The van der Waals surface area contributed by atoms with Crippen LogP contribution in [0.25, 0.3) is 5.69 Å². The van der Waals surface area contributed by atoms with E-state index in [4.69, 9.17) is 25.8 Å². The Bertz CT molecular complexity index is 1490. The highest BCUT2D eigenvalue weighted by atomic mass is 35.5. The van der Waals surface area contributed by atoms with Crippen LogP contribution in [0.2, 0.25) is 5.02 Å². The maximum absolute atomic E-state index is 13.7. The van der Waals surface area contributed by atoms with Crippen LogP contribution in [-0.2, 0) is 30.2 Å². The topological polar surface area (TPSA) is 152 Å². The summed E-state index contributed by atoms with van der Waals surface area (Å²) in [5.41, 5.74) is 0.379. The van der Waals surface area contributed by atoms with E-state index in [1.54, 1.807) is 18.2 Å². The molecule has 1 aromatic carbocycles. The minimum atomic E-state index is -3.95. The van der Waals surface area contributed by atoms with Crippen LogP contribution in [0.3, 0.4) is 0 Å². The van der Waals surface area contributed by atoms with Gasteiger partial charge < -0.3 is 14.2 Å². The van der Waals surface area contributed by atoms with E-state index in [9.17, 15) is 16.8 Å². The first-order valence-corrected chi connectivity index (χ1v) is 15.5. The SMILES string of the molecule is COc1cccc(OC)c1-n1c(CS(=O)(=O)[C@@H](C)[C@H](OC)c2ncc(Cl)cn2)nnc1[C@H]1CCS(=O)(=O)C1. The van der Waals surface area contributed by atoms with Crippen molar-refractivity contribution in [2.45, 2.75) is 36.4 Å². The van der Waals surface area contributed by atoms with Crippen molar-refractivity contribution in [1.82, 2.24) is 24.7 Å². The Labute approximate surface area is 226 Å². The molecular weight excluding hydrogens is 558 g/mol. The van der Waals surface area contributed by atoms with Crippen LogP contribution in [0.4, 0.5) is 0 Å². The molecule has 38 heavy (non-hydrogen) atoms. The number of methoxy groups -OCH3 is 3. The van der Waals surface area contributed by atoms with Gasteiger partial charge in [0, 0.05) is 25.4 Å². The summed E-state index contributed by atoms with van der Waals surface area (Å²) in [6, 6.07) is 5.10. The van der Waals surface area contributed by atoms with Crippen LogP contribution >= 0.6 is 11.6 Å². The summed E-state index contributed by atoms with van der Waals surface area (Å²) < 4.78 is 70.0. The van der Waals surface area contributed by atoms with Gasteiger partial charge in [-0.3, -0.25) is 4.57 Å². The maximum atomic E-state index is 13.7. The number of nitrogens with zero attached hydrogens (tertiary/aromatic N) is 5. The van der Waals surface area contributed by atoms with Gasteiger partial charge in [0.05, 0.1) is 36.0 Å². The Morgan fingerprint density at radius 2 is 1.74 bits per heavy atom. The number of hydrogen-bond donors (Lipinski definition) is 0. The van der Waals surface area contributed by atoms with Gasteiger partial charge in [-0.05, 0) is 25.5 Å². The molecule has 1 saturated heterocycles. The van der Waals surface area contributed by atoms with Crippen LogP contribution in [-0.4, -0.2) is 79.7 Å². The van der Waals surface area contributed by atoms with Crippen molar-refractivity contribution in [3.63, 3.8) is 0 Å². The molecular formula is C23H28ClN5O7S2. The maximum Gasteiger partial charge on any atom is 0.163 e. The summed E-state index contributed by atoms with van der Waals surface area (Å²) in [5, 5.41) is 7.71. The Kier molecular flexibility index (Phi) is 8.26. The molecule has 206 valence electrons. The second-order valence-electron chi connectivity index (χ2n) is 8.85. The molecule has 1 aliphatic rings. The molecule has 0 spiro atoms. The van der Waals surface area contributed by atoms with E-state index >= 15 is 0 Å². The summed E-state index contributed by atoms with van der Waals surface area (Å²) in [5.74, 6) is 0.185. The largest absolute Gasteiger partial charge is 0.494 e. The highest BCUT2D eigenvalue weighted by Crippen LogP contribution is 2.38. The Morgan fingerprint density at radius 3 is 2.26 bits per heavy atom. The van der Waals surface area contributed by atoms with Gasteiger partial charge in [-0.25, -0.2) is 26.8 Å². The molecule has 3 aromatic rings.